The average molecular weight is 336 g/mol. The van der Waals surface area contributed by atoms with Crippen molar-refractivity contribution in [2.24, 2.45) is 11.8 Å². The summed E-state index contributed by atoms with van der Waals surface area (Å²) in [6.45, 7) is 8.97. The summed E-state index contributed by atoms with van der Waals surface area (Å²) in [6.07, 6.45) is 3.48. The Kier molecular flexibility index (Phi) is 3.82. The molecule has 0 spiro atoms. The Morgan fingerprint density at radius 3 is 2.56 bits per heavy atom. The minimum absolute atomic E-state index is 0.119. The lowest BCUT2D eigenvalue weighted by Crippen LogP contribution is -2.40. The Labute approximate surface area is 150 Å². The van der Waals surface area contributed by atoms with Crippen LogP contribution in [-0.4, -0.2) is 10.7 Å². The number of hydrogen-bond acceptors (Lipinski definition) is 2. The third-order valence-electron chi connectivity index (χ3n) is 6.44. The highest BCUT2D eigenvalue weighted by Gasteiger charge is 2.49. The van der Waals surface area contributed by atoms with Gasteiger partial charge in [-0.2, -0.15) is 0 Å². The minimum atomic E-state index is -0.119. The molecule has 2 aromatic rings. The fourth-order valence-corrected chi connectivity index (χ4v) is 4.66. The zero-order valence-electron chi connectivity index (χ0n) is 15.7. The van der Waals surface area contributed by atoms with Crippen LogP contribution in [0.2, 0.25) is 0 Å². The monoisotopic (exact) mass is 336 g/mol. The first-order valence-corrected chi connectivity index (χ1v) is 9.50. The molecule has 2 nitrogen and oxygen atoms in total. The van der Waals surface area contributed by atoms with Gasteiger partial charge in [0.2, 0.25) is 0 Å². The van der Waals surface area contributed by atoms with E-state index < -0.39 is 0 Å². The van der Waals surface area contributed by atoms with Crippen LogP contribution in [0.15, 0.2) is 36.4 Å². The van der Waals surface area contributed by atoms with Gasteiger partial charge in [0.25, 0.3) is 0 Å². The highest BCUT2D eigenvalue weighted by atomic mass is 16.5. The first-order chi connectivity index (χ1) is 11.9. The second-order valence-corrected chi connectivity index (χ2v) is 8.52. The van der Waals surface area contributed by atoms with Crippen molar-refractivity contribution in [3.05, 3.63) is 47.5 Å². The Morgan fingerprint density at radius 2 is 1.88 bits per heavy atom. The van der Waals surface area contributed by atoms with Crippen LogP contribution in [0.3, 0.4) is 0 Å². The van der Waals surface area contributed by atoms with Crippen LogP contribution in [0.1, 0.15) is 57.1 Å². The number of aryl methyl sites for hydroxylation is 1. The van der Waals surface area contributed by atoms with E-state index in [1.54, 1.807) is 0 Å². The lowest BCUT2D eigenvalue weighted by Gasteiger charge is -2.40. The van der Waals surface area contributed by atoms with Crippen LogP contribution >= 0.6 is 0 Å². The van der Waals surface area contributed by atoms with E-state index in [0.717, 1.165) is 35.6 Å². The van der Waals surface area contributed by atoms with Crippen molar-refractivity contribution in [1.29, 1.82) is 0 Å². The van der Waals surface area contributed by atoms with Crippen molar-refractivity contribution in [3.63, 3.8) is 0 Å². The van der Waals surface area contributed by atoms with Gasteiger partial charge in [0.15, 0.2) is 0 Å². The maximum atomic E-state index is 10.7. The van der Waals surface area contributed by atoms with Gasteiger partial charge in [-0.3, -0.25) is 0 Å². The maximum Gasteiger partial charge on any atom is 0.124 e. The number of phenolic OH excluding ortho intramolecular Hbond substituents is 1. The summed E-state index contributed by atoms with van der Waals surface area (Å²) in [5.74, 6) is 3.16. The summed E-state index contributed by atoms with van der Waals surface area (Å²) in [5.41, 5.74) is 4.20. The van der Waals surface area contributed by atoms with Gasteiger partial charge in [0.05, 0.1) is 0 Å². The van der Waals surface area contributed by atoms with Crippen molar-refractivity contribution in [1.82, 2.24) is 0 Å². The van der Waals surface area contributed by atoms with Gasteiger partial charge in [-0.1, -0.05) is 43.7 Å². The molecule has 4 rings (SSSR count). The van der Waals surface area contributed by atoms with Crippen molar-refractivity contribution in [2.75, 3.05) is 0 Å². The topological polar surface area (TPSA) is 29.5 Å². The van der Waals surface area contributed by atoms with Crippen LogP contribution in [-0.2, 0) is 0 Å². The molecule has 132 valence electrons. The van der Waals surface area contributed by atoms with Gasteiger partial charge in [-0.25, -0.2) is 0 Å². The largest absolute Gasteiger partial charge is 0.507 e. The van der Waals surface area contributed by atoms with Gasteiger partial charge < -0.3 is 9.84 Å². The predicted octanol–water partition coefficient (Wildman–Crippen LogP) is 6.06. The Hall–Kier alpha value is -1.96. The van der Waals surface area contributed by atoms with Crippen LogP contribution in [0.5, 0.6) is 11.5 Å². The second kappa shape index (κ2) is 5.79. The van der Waals surface area contributed by atoms with Crippen molar-refractivity contribution >= 4 is 0 Å². The zero-order valence-corrected chi connectivity index (χ0v) is 15.7. The van der Waals surface area contributed by atoms with Crippen LogP contribution in [0.25, 0.3) is 11.1 Å². The summed E-state index contributed by atoms with van der Waals surface area (Å²) < 4.78 is 6.46. The molecule has 0 saturated heterocycles. The number of phenols is 1. The molecule has 3 atom stereocenters. The number of rotatable bonds is 2. The summed E-state index contributed by atoms with van der Waals surface area (Å²) in [7, 11) is 0. The molecule has 1 fully saturated rings. The minimum Gasteiger partial charge on any atom is -0.507 e. The summed E-state index contributed by atoms with van der Waals surface area (Å²) in [5, 5.41) is 10.7. The van der Waals surface area contributed by atoms with E-state index in [-0.39, 0.29) is 5.60 Å². The Morgan fingerprint density at radius 1 is 1.16 bits per heavy atom. The normalized spacial score (nSPS) is 27.7. The van der Waals surface area contributed by atoms with Crippen molar-refractivity contribution in [3.8, 4) is 22.6 Å². The van der Waals surface area contributed by atoms with E-state index in [4.69, 9.17) is 4.74 Å². The molecule has 0 amide bonds. The summed E-state index contributed by atoms with van der Waals surface area (Å²) in [6, 6.07) is 12.3. The lowest BCUT2D eigenvalue weighted by atomic mass is 9.67. The average Bonchev–Trinajstić information content (AvgIpc) is 2.85. The highest BCUT2D eigenvalue weighted by Crippen LogP contribution is 2.56. The van der Waals surface area contributed by atoms with Crippen LogP contribution in [0, 0.1) is 18.8 Å². The molecular weight excluding hydrogens is 308 g/mol. The smallest absolute Gasteiger partial charge is 0.124 e. The zero-order chi connectivity index (χ0) is 17.8. The molecule has 1 heterocycles. The van der Waals surface area contributed by atoms with Gasteiger partial charge in [0.1, 0.15) is 17.1 Å². The van der Waals surface area contributed by atoms with Gasteiger partial charge >= 0.3 is 0 Å². The van der Waals surface area contributed by atoms with Gasteiger partial charge in [-0.05, 0) is 62.6 Å². The Balaban J connectivity index is 1.73. The molecule has 2 aromatic carbocycles. The third-order valence-corrected chi connectivity index (χ3v) is 6.44. The lowest BCUT2D eigenvalue weighted by molar-refractivity contribution is 0.0285. The fraction of sp³-hybridized carbons (Fsp3) is 0.478. The standard InChI is InChI=1S/C23H28O2/c1-14(2)17-9-10-23(4)20(11-17)19-12-21(24)18(13-22(19)25-23)16-7-5-15(3)6-8-16/h5-8,12-14,17,20,24H,9-11H2,1-4H3. The Bertz CT molecular complexity index is 790. The maximum absolute atomic E-state index is 10.7. The number of fused-ring (bicyclic) bond motifs is 3. The molecule has 25 heavy (non-hydrogen) atoms. The van der Waals surface area contributed by atoms with Gasteiger partial charge in [-0.15, -0.1) is 0 Å². The quantitative estimate of drug-likeness (QED) is 0.722. The number of aromatic hydroxyl groups is 1. The van der Waals surface area contributed by atoms with E-state index in [9.17, 15) is 5.11 Å². The van der Waals surface area contributed by atoms with Gasteiger partial charge in [0, 0.05) is 17.0 Å². The molecule has 1 N–H and O–H groups in total. The predicted molar refractivity (Wildman–Crippen MR) is 102 cm³/mol. The fourth-order valence-electron chi connectivity index (χ4n) is 4.66. The third kappa shape index (κ3) is 2.72. The SMILES string of the molecule is Cc1ccc(-c2cc3c(cc2O)C2CC(C(C)C)CCC2(C)O3)cc1. The van der Waals surface area contributed by atoms with E-state index in [1.165, 1.54) is 17.5 Å². The number of benzene rings is 2. The second-order valence-electron chi connectivity index (χ2n) is 8.52. The first-order valence-electron chi connectivity index (χ1n) is 9.50. The molecule has 0 radical (unpaired) electrons. The molecular formula is C23H28O2. The van der Waals surface area contributed by atoms with Crippen molar-refractivity contribution in [2.45, 2.75) is 58.5 Å². The molecule has 3 unspecified atom stereocenters. The van der Waals surface area contributed by atoms with E-state index in [0.29, 0.717) is 17.6 Å². The van der Waals surface area contributed by atoms with Crippen molar-refractivity contribution < 1.29 is 9.84 Å². The summed E-state index contributed by atoms with van der Waals surface area (Å²) in [4.78, 5) is 0. The summed E-state index contributed by atoms with van der Waals surface area (Å²) >= 11 is 0. The molecule has 2 aliphatic rings. The van der Waals surface area contributed by atoms with E-state index >= 15 is 0 Å². The van der Waals surface area contributed by atoms with Crippen LogP contribution < -0.4 is 4.74 Å². The van der Waals surface area contributed by atoms with E-state index in [2.05, 4.69) is 52.0 Å². The molecule has 1 aliphatic carbocycles. The molecule has 0 bridgehead atoms. The first kappa shape index (κ1) is 16.5. The number of hydrogen-bond donors (Lipinski definition) is 1. The highest BCUT2D eigenvalue weighted by molar-refractivity contribution is 5.74. The molecule has 1 aliphatic heterocycles. The van der Waals surface area contributed by atoms with Crippen LogP contribution in [0.4, 0.5) is 0 Å². The van der Waals surface area contributed by atoms with E-state index in [1.807, 2.05) is 12.1 Å². The molecule has 1 saturated carbocycles. The molecule has 0 aromatic heterocycles. The number of ether oxygens (including phenoxy) is 1. The molecule has 2 heteroatoms.